The van der Waals surface area contributed by atoms with E-state index in [0.717, 1.165) is 21.2 Å². The third-order valence-electron chi connectivity index (χ3n) is 6.26. The van der Waals surface area contributed by atoms with Gasteiger partial charge in [-0.1, -0.05) is 26.0 Å². The van der Waals surface area contributed by atoms with Crippen LogP contribution in [0.4, 0.5) is 0 Å². The van der Waals surface area contributed by atoms with Crippen molar-refractivity contribution in [2.24, 2.45) is 0 Å². The number of benzene rings is 1. The Morgan fingerprint density at radius 2 is 2.00 bits per heavy atom. The Kier molecular flexibility index (Phi) is 3.64. The van der Waals surface area contributed by atoms with E-state index in [2.05, 4.69) is 0 Å². The molecule has 7 nitrogen and oxygen atoms in total. The van der Waals surface area contributed by atoms with Gasteiger partial charge in [-0.15, -0.1) is 0 Å². The van der Waals surface area contributed by atoms with Crippen LogP contribution in [0, 0.1) is 5.21 Å². The fourth-order valence-electron chi connectivity index (χ4n) is 4.70. The van der Waals surface area contributed by atoms with Crippen molar-refractivity contribution in [1.29, 1.82) is 0 Å². The average molecular weight is 392 g/mol. The number of aliphatic hydroxyl groups is 1. The second-order valence-corrected chi connectivity index (χ2v) is 7.57. The molecule has 0 saturated heterocycles. The molecule has 4 heterocycles. The second kappa shape index (κ2) is 5.90. The highest BCUT2D eigenvalue weighted by molar-refractivity contribution is 5.86. The number of hydrogen-bond donors (Lipinski definition) is 1. The predicted octanol–water partition coefficient (Wildman–Crippen LogP) is 1.88. The fraction of sp³-hybridized carbons (Fsp3) is 0.318. The molecule has 0 aliphatic carbocycles. The molecule has 7 heteroatoms. The quantitative estimate of drug-likeness (QED) is 0.319. The summed E-state index contributed by atoms with van der Waals surface area (Å²) in [7, 11) is 0. The molecule has 0 fully saturated rings. The topological polar surface area (TPSA) is 95.5 Å². The van der Waals surface area contributed by atoms with Crippen LogP contribution in [0.1, 0.15) is 42.5 Å². The van der Waals surface area contributed by atoms with Crippen LogP contribution < -0.4 is 10.3 Å². The van der Waals surface area contributed by atoms with Gasteiger partial charge >= 0.3 is 5.97 Å². The van der Waals surface area contributed by atoms with E-state index < -0.39 is 11.6 Å². The van der Waals surface area contributed by atoms with Crippen molar-refractivity contribution >= 4 is 16.9 Å². The van der Waals surface area contributed by atoms with Crippen molar-refractivity contribution in [2.45, 2.75) is 45.4 Å². The van der Waals surface area contributed by atoms with Crippen molar-refractivity contribution in [3.05, 3.63) is 68.1 Å². The van der Waals surface area contributed by atoms with E-state index in [1.807, 2.05) is 25.1 Å². The molecule has 29 heavy (non-hydrogen) atoms. The number of hydrogen-bond acceptors (Lipinski definition) is 5. The molecule has 0 saturated carbocycles. The van der Waals surface area contributed by atoms with E-state index in [0.29, 0.717) is 23.3 Å². The maximum absolute atomic E-state index is 13.3. The van der Waals surface area contributed by atoms with Crippen LogP contribution in [0.3, 0.4) is 0 Å². The Balaban J connectivity index is 1.89. The Labute approximate surface area is 166 Å². The summed E-state index contributed by atoms with van der Waals surface area (Å²) in [5.41, 5.74) is 1.51. The zero-order chi connectivity index (χ0) is 20.5. The molecule has 0 radical (unpaired) electrons. The lowest BCUT2D eigenvalue weighted by atomic mass is 9.86. The molecule has 1 atom stereocenters. The van der Waals surface area contributed by atoms with Crippen LogP contribution in [0.15, 0.2) is 35.1 Å². The van der Waals surface area contributed by atoms with Crippen LogP contribution >= 0.6 is 0 Å². The van der Waals surface area contributed by atoms with Gasteiger partial charge in [-0.25, -0.2) is 4.79 Å². The minimum absolute atomic E-state index is 0.0733. The largest absolute Gasteiger partial charge is 0.618 e. The predicted molar refractivity (Wildman–Crippen MR) is 105 cm³/mol. The van der Waals surface area contributed by atoms with Gasteiger partial charge in [0.1, 0.15) is 12.3 Å². The van der Waals surface area contributed by atoms with Crippen molar-refractivity contribution in [2.75, 3.05) is 0 Å². The highest BCUT2D eigenvalue weighted by atomic mass is 16.6. The number of nitrogens with zero attached hydrogens (tertiary/aromatic N) is 2. The van der Waals surface area contributed by atoms with E-state index in [-0.39, 0.29) is 36.3 Å². The number of fused-ring (bicyclic) bond motifs is 5. The van der Waals surface area contributed by atoms with Crippen LogP contribution in [-0.4, -0.2) is 15.6 Å². The second-order valence-electron chi connectivity index (χ2n) is 7.57. The molecule has 3 aromatic rings. The number of cyclic esters (lactones) is 1. The monoisotopic (exact) mass is 392 g/mol. The Bertz CT molecular complexity index is 1280. The van der Waals surface area contributed by atoms with Crippen molar-refractivity contribution in [1.82, 2.24) is 4.57 Å². The summed E-state index contributed by atoms with van der Waals surface area (Å²) in [5, 5.41) is 25.1. The van der Waals surface area contributed by atoms with Gasteiger partial charge in [0, 0.05) is 11.6 Å². The maximum Gasteiger partial charge on any atom is 0.343 e. The van der Waals surface area contributed by atoms with E-state index in [1.54, 1.807) is 23.6 Å². The lowest BCUT2D eigenvalue weighted by molar-refractivity contribution is -0.565. The Hall–Kier alpha value is -3.19. The molecular formula is C22H20N2O5. The molecule has 5 rings (SSSR count). The molecule has 0 bridgehead atoms. The van der Waals surface area contributed by atoms with E-state index in [9.17, 15) is 19.9 Å². The van der Waals surface area contributed by atoms with Gasteiger partial charge in [0.15, 0.2) is 5.60 Å². The highest BCUT2D eigenvalue weighted by Gasteiger charge is 2.46. The van der Waals surface area contributed by atoms with Gasteiger partial charge in [-0.3, -0.25) is 9.36 Å². The highest BCUT2D eigenvalue weighted by Crippen LogP contribution is 2.39. The average Bonchev–Trinajstić information content (AvgIpc) is 3.12. The van der Waals surface area contributed by atoms with Crippen molar-refractivity contribution in [3.8, 4) is 11.4 Å². The first-order chi connectivity index (χ1) is 13.9. The van der Waals surface area contributed by atoms with Crippen molar-refractivity contribution in [3.63, 3.8) is 0 Å². The molecule has 0 amide bonds. The third-order valence-corrected chi connectivity index (χ3v) is 6.26. The SMILES string of the molecule is CCc1c2c([n+]([O-])c3ccccc13)-c1cc3c(c(=O)n1C2)COC(=O)[C@]3(O)CC. The zero-order valence-corrected chi connectivity index (χ0v) is 16.2. The fourth-order valence-corrected chi connectivity index (χ4v) is 4.70. The lowest BCUT2D eigenvalue weighted by Crippen LogP contribution is -2.44. The molecule has 1 N–H and O–H groups in total. The summed E-state index contributed by atoms with van der Waals surface area (Å²) in [6.07, 6.45) is 0.788. The van der Waals surface area contributed by atoms with E-state index in [1.165, 1.54) is 0 Å². The Morgan fingerprint density at radius 1 is 1.24 bits per heavy atom. The molecule has 2 aromatic heterocycles. The van der Waals surface area contributed by atoms with Crippen LogP contribution in [-0.2, 0) is 34.7 Å². The first kappa shape index (κ1) is 17.9. The summed E-state index contributed by atoms with van der Waals surface area (Å²) in [6, 6.07) is 9.01. The van der Waals surface area contributed by atoms with Crippen molar-refractivity contribution < 1.29 is 19.4 Å². The molecule has 148 valence electrons. The number of aromatic nitrogens is 2. The van der Waals surface area contributed by atoms with Gasteiger partial charge in [-0.2, -0.15) is 4.73 Å². The number of rotatable bonds is 2. The van der Waals surface area contributed by atoms with E-state index in [4.69, 9.17) is 4.74 Å². The number of carbonyl (C=O) groups is 1. The van der Waals surface area contributed by atoms with Gasteiger partial charge in [0.2, 0.25) is 11.2 Å². The maximum atomic E-state index is 13.3. The Morgan fingerprint density at radius 3 is 2.72 bits per heavy atom. The number of carbonyl (C=O) groups excluding carboxylic acids is 1. The summed E-state index contributed by atoms with van der Waals surface area (Å²) >= 11 is 0. The minimum atomic E-state index is -1.89. The van der Waals surface area contributed by atoms with Crippen LogP contribution in [0.25, 0.3) is 22.3 Å². The summed E-state index contributed by atoms with van der Waals surface area (Å²) in [6.45, 7) is 3.79. The zero-order valence-electron chi connectivity index (χ0n) is 16.2. The molecule has 0 unspecified atom stereocenters. The standard InChI is InChI=1S/C22H20N2O5/c1-3-12-13-7-5-6-8-17(13)24(28)19-14(12)10-23-18(19)9-16-15(20(23)25)11-29-21(26)22(16,27)4-2/h5-9,27H,3-4,10-11H2,1-2H3/t22-/m0/s1. The number of ether oxygens (including phenoxy) is 1. The van der Waals surface area contributed by atoms with Crippen LogP contribution in [0.5, 0.6) is 0 Å². The minimum Gasteiger partial charge on any atom is -0.618 e. The van der Waals surface area contributed by atoms with Gasteiger partial charge in [0.25, 0.3) is 5.56 Å². The van der Waals surface area contributed by atoms with Crippen LogP contribution in [0.2, 0.25) is 0 Å². The molecule has 1 aromatic carbocycles. The number of aryl methyl sites for hydroxylation is 1. The molecule has 2 aliphatic rings. The van der Waals surface area contributed by atoms with Gasteiger partial charge in [-0.05, 0) is 30.5 Å². The third kappa shape index (κ3) is 2.13. The molecular weight excluding hydrogens is 372 g/mol. The first-order valence-electron chi connectivity index (χ1n) is 9.75. The summed E-state index contributed by atoms with van der Waals surface area (Å²) in [4.78, 5) is 25.5. The summed E-state index contributed by atoms with van der Waals surface area (Å²) < 4.78 is 7.50. The number of esters is 1. The molecule has 0 spiro atoms. The lowest BCUT2D eigenvalue weighted by Gasteiger charge is -2.31. The first-order valence-corrected chi connectivity index (χ1v) is 9.75. The normalized spacial score (nSPS) is 19.6. The number of pyridine rings is 2. The van der Waals surface area contributed by atoms with E-state index >= 15 is 0 Å². The number of para-hydroxylation sites is 1. The summed E-state index contributed by atoms with van der Waals surface area (Å²) in [5.74, 6) is -0.766. The van der Waals surface area contributed by atoms with Gasteiger partial charge < -0.3 is 15.1 Å². The molecule has 2 aliphatic heterocycles. The van der Waals surface area contributed by atoms with Gasteiger partial charge in [0.05, 0.1) is 23.1 Å². The smallest absolute Gasteiger partial charge is 0.343 e.